The summed E-state index contributed by atoms with van der Waals surface area (Å²) in [5.74, 6) is 0.137. The molecular formula is C11H21NO2. The Hall–Kier alpha value is -0.570. The molecule has 0 spiro atoms. The maximum atomic E-state index is 11.9. The molecule has 3 heteroatoms. The Balaban J connectivity index is 2.48. The van der Waals surface area contributed by atoms with Crippen LogP contribution in [0.25, 0.3) is 0 Å². The number of hydrogen-bond acceptors (Lipinski definition) is 2. The molecule has 0 radical (unpaired) electrons. The maximum Gasteiger partial charge on any atom is 0.226 e. The van der Waals surface area contributed by atoms with Crippen LogP contribution in [0.4, 0.5) is 0 Å². The first-order chi connectivity index (χ1) is 6.60. The highest BCUT2D eigenvalue weighted by atomic mass is 16.3. The van der Waals surface area contributed by atoms with Crippen LogP contribution in [-0.2, 0) is 4.79 Å². The molecule has 0 aliphatic heterocycles. The highest BCUT2D eigenvalue weighted by Crippen LogP contribution is 2.40. The summed E-state index contributed by atoms with van der Waals surface area (Å²) >= 11 is 0. The molecular weight excluding hydrogens is 178 g/mol. The highest BCUT2D eigenvalue weighted by molar-refractivity contribution is 5.82. The van der Waals surface area contributed by atoms with Gasteiger partial charge in [0, 0.05) is 12.0 Å². The Morgan fingerprint density at radius 2 is 2.07 bits per heavy atom. The molecule has 0 aromatic rings. The number of amides is 1. The van der Waals surface area contributed by atoms with E-state index >= 15 is 0 Å². The topological polar surface area (TPSA) is 49.3 Å². The fraction of sp³-hybridized carbons (Fsp3) is 0.909. The summed E-state index contributed by atoms with van der Waals surface area (Å²) in [6.07, 6.45) is 4.81. The van der Waals surface area contributed by atoms with Gasteiger partial charge in [-0.25, -0.2) is 0 Å². The number of rotatable bonds is 4. The van der Waals surface area contributed by atoms with Crippen LogP contribution in [0, 0.1) is 5.41 Å². The van der Waals surface area contributed by atoms with E-state index < -0.39 is 6.10 Å². The van der Waals surface area contributed by atoms with Gasteiger partial charge in [0.05, 0.1) is 6.10 Å². The predicted octanol–water partition coefficient (Wildman–Crippen LogP) is 1.45. The fourth-order valence-electron chi connectivity index (χ4n) is 2.22. The van der Waals surface area contributed by atoms with E-state index in [1.54, 1.807) is 6.92 Å². The second-order valence-electron chi connectivity index (χ2n) is 4.40. The molecule has 14 heavy (non-hydrogen) atoms. The fourth-order valence-corrected chi connectivity index (χ4v) is 2.22. The van der Waals surface area contributed by atoms with Crippen molar-refractivity contribution in [2.75, 3.05) is 6.54 Å². The summed E-state index contributed by atoms with van der Waals surface area (Å²) in [6, 6.07) is 0. The van der Waals surface area contributed by atoms with Gasteiger partial charge in [0.2, 0.25) is 5.91 Å². The highest BCUT2D eigenvalue weighted by Gasteiger charge is 2.38. The molecule has 1 atom stereocenters. The van der Waals surface area contributed by atoms with Crippen molar-refractivity contribution >= 4 is 5.91 Å². The van der Waals surface area contributed by atoms with Gasteiger partial charge in [0.25, 0.3) is 0 Å². The molecule has 0 saturated heterocycles. The summed E-state index contributed by atoms with van der Waals surface area (Å²) in [4.78, 5) is 11.9. The first-order valence-electron chi connectivity index (χ1n) is 5.57. The number of hydrogen-bond donors (Lipinski definition) is 2. The van der Waals surface area contributed by atoms with Crippen molar-refractivity contribution in [2.45, 2.75) is 52.1 Å². The SMILES string of the molecule is CCC1(C(=O)NC[C@@H](C)O)CCCC1. The Labute approximate surface area is 85.9 Å². The molecule has 1 aliphatic carbocycles. The first kappa shape index (κ1) is 11.5. The van der Waals surface area contributed by atoms with E-state index in [0.29, 0.717) is 6.54 Å². The molecule has 0 heterocycles. The van der Waals surface area contributed by atoms with Gasteiger partial charge in [0.1, 0.15) is 0 Å². The van der Waals surface area contributed by atoms with Crippen LogP contribution in [-0.4, -0.2) is 23.7 Å². The largest absolute Gasteiger partial charge is 0.392 e. The minimum atomic E-state index is -0.450. The summed E-state index contributed by atoms with van der Waals surface area (Å²) in [5.41, 5.74) is -0.130. The lowest BCUT2D eigenvalue weighted by Gasteiger charge is -2.26. The first-order valence-corrected chi connectivity index (χ1v) is 5.57. The zero-order valence-electron chi connectivity index (χ0n) is 9.18. The monoisotopic (exact) mass is 199 g/mol. The molecule has 0 aromatic carbocycles. The minimum Gasteiger partial charge on any atom is -0.392 e. The van der Waals surface area contributed by atoms with Crippen LogP contribution in [0.2, 0.25) is 0 Å². The van der Waals surface area contributed by atoms with Gasteiger partial charge in [-0.15, -0.1) is 0 Å². The molecule has 1 saturated carbocycles. The predicted molar refractivity (Wildman–Crippen MR) is 55.9 cm³/mol. The van der Waals surface area contributed by atoms with Crippen LogP contribution in [0.3, 0.4) is 0 Å². The molecule has 0 bridgehead atoms. The van der Waals surface area contributed by atoms with Crippen molar-refractivity contribution in [1.29, 1.82) is 0 Å². The standard InChI is InChI=1S/C11H21NO2/c1-3-11(6-4-5-7-11)10(14)12-8-9(2)13/h9,13H,3-8H2,1-2H3,(H,12,14)/t9-/m1/s1. The summed E-state index contributed by atoms with van der Waals surface area (Å²) in [6.45, 7) is 4.14. The minimum absolute atomic E-state index is 0.130. The van der Waals surface area contributed by atoms with E-state index in [9.17, 15) is 4.79 Å². The van der Waals surface area contributed by atoms with Crippen molar-refractivity contribution in [3.63, 3.8) is 0 Å². The van der Waals surface area contributed by atoms with Crippen molar-refractivity contribution in [2.24, 2.45) is 5.41 Å². The van der Waals surface area contributed by atoms with E-state index in [1.165, 1.54) is 0 Å². The molecule has 1 rings (SSSR count). The van der Waals surface area contributed by atoms with Crippen LogP contribution < -0.4 is 5.32 Å². The third kappa shape index (κ3) is 2.47. The van der Waals surface area contributed by atoms with Gasteiger partial charge >= 0.3 is 0 Å². The number of carbonyl (C=O) groups is 1. The zero-order chi connectivity index (χ0) is 10.6. The number of nitrogens with one attached hydrogen (secondary N) is 1. The van der Waals surface area contributed by atoms with E-state index in [2.05, 4.69) is 12.2 Å². The lowest BCUT2D eigenvalue weighted by Crippen LogP contribution is -2.41. The van der Waals surface area contributed by atoms with Crippen molar-refractivity contribution < 1.29 is 9.90 Å². The Kier molecular flexibility index (Phi) is 3.93. The van der Waals surface area contributed by atoms with E-state index in [4.69, 9.17) is 5.11 Å². The number of aliphatic hydroxyl groups excluding tert-OH is 1. The molecule has 2 N–H and O–H groups in total. The van der Waals surface area contributed by atoms with Gasteiger partial charge in [-0.1, -0.05) is 19.8 Å². The van der Waals surface area contributed by atoms with Gasteiger partial charge < -0.3 is 10.4 Å². The van der Waals surface area contributed by atoms with Gasteiger partial charge in [-0.3, -0.25) is 4.79 Å². The number of aliphatic hydroxyl groups is 1. The quantitative estimate of drug-likeness (QED) is 0.720. The summed E-state index contributed by atoms with van der Waals surface area (Å²) in [7, 11) is 0. The molecule has 3 nitrogen and oxygen atoms in total. The van der Waals surface area contributed by atoms with Crippen LogP contribution in [0.5, 0.6) is 0 Å². The third-order valence-electron chi connectivity index (χ3n) is 3.28. The van der Waals surface area contributed by atoms with Crippen LogP contribution in [0.1, 0.15) is 46.0 Å². The van der Waals surface area contributed by atoms with Crippen LogP contribution >= 0.6 is 0 Å². The average Bonchev–Trinajstić information content (AvgIpc) is 2.63. The summed E-state index contributed by atoms with van der Waals surface area (Å²) in [5, 5.41) is 11.9. The molecule has 1 amide bonds. The van der Waals surface area contributed by atoms with E-state index in [1.807, 2.05) is 0 Å². The Bertz CT molecular complexity index is 195. The second kappa shape index (κ2) is 4.78. The van der Waals surface area contributed by atoms with Gasteiger partial charge in [-0.05, 0) is 26.2 Å². The number of carbonyl (C=O) groups excluding carboxylic acids is 1. The second-order valence-corrected chi connectivity index (χ2v) is 4.40. The van der Waals surface area contributed by atoms with Crippen molar-refractivity contribution in [3.05, 3.63) is 0 Å². The Morgan fingerprint density at radius 3 is 2.50 bits per heavy atom. The van der Waals surface area contributed by atoms with Crippen LogP contribution in [0.15, 0.2) is 0 Å². The third-order valence-corrected chi connectivity index (χ3v) is 3.28. The molecule has 1 aliphatic rings. The van der Waals surface area contributed by atoms with Gasteiger partial charge in [0.15, 0.2) is 0 Å². The zero-order valence-corrected chi connectivity index (χ0v) is 9.18. The smallest absolute Gasteiger partial charge is 0.226 e. The maximum absolute atomic E-state index is 11.9. The van der Waals surface area contributed by atoms with Crippen molar-refractivity contribution in [1.82, 2.24) is 5.32 Å². The molecule has 1 fully saturated rings. The molecule has 0 aromatic heterocycles. The van der Waals surface area contributed by atoms with E-state index in [-0.39, 0.29) is 11.3 Å². The van der Waals surface area contributed by atoms with Crippen molar-refractivity contribution in [3.8, 4) is 0 Å². The Morgan fingerprint density at radius 1 is 1.50 bits per heavy atom. The lowest BCUT2D eigenvalue weighted by molar-refractivity contribution is -0.131. The molecule has 82 valence electrons. The van der Waals surface area contributed by atoms with Gasteiger partial charge in [-0.2, -0.15) is 0 Å². The van der Waals surface area contributed by atoms with E-state index in [0.717, 1.165) is 32.1 Å². The molecule has 0 unspecified atom stereocenters. The normalized spacial score (nSPS) is 21.9. The average molecular weight is 199 g/mol. The lowest BCUT2D eigenvalue weighted by atomic mass is 9.82. The summed E-state index contributed by atoms with van der Waals surface area (Å²) < 4.78 is 0.